The van der Waals surface area contributed by atoms with E-state index in [2.05, 4.69) is 58.2 Å². The lowest BCUT2D eigenvalue weighted by molar-refractivity contribution is -0.128. The number of amides is 1. The zero-order chi connectivity index (χ0) is 29.6. The molecule has 1 aromatic heterocycles. The molecule has 10 heteroatoms. The number of hydrogen-bond acceptors (Lipinski definition) is 9. The monoisotopic (exact) mass is 568 g/mol. The van der Waals surface area contributed by atoms with Crippen LogP contribution in [0.15, 0.2) is 41.9 Å². The van der Waals surface area contributed by atoms with Crippen molar-refractivity contribution in [1.82, 2.24) is 19.8 Å². The minimum absolute atomic E-state index is 0.145. The third-order valence-corrected chi connectivity index (χ3v) is 8.57. The molecule has 2 aromatic rings. The number of fused-ring (bicyclic) bond motifs is 1. The summed E-state index contributed by atoms with van der Waals surface area (Å²) >= 11 is 0. The van der Waals surface area contributed by atoms with E-state index in [1.54, 1.807) is 4.90 Å². The smallest absolute Gasteiger partial charge is 0.318 e. The maximum atomic E-state index is 12.5. The predicted octanol–water partition coefficient (Wildman–Crippen LogP) is 3.99. The molecule has 42 heavy (non-hydrogen) atoms. The van der Waals surface area contributed by atoms with Crippen molar-refractivity contribution in [2.75, 3.05) is 56.2 Å². The van der Waals surface area contributed by atoms with Gasteiger partial charge in [0.25, 0.3) is 0 Å². The molecular formula is C32H40N8O2. The van der Waals surface area contributed by atoms with Gasteiger partial charge in [-0.05, 0) is 64.7 Å². The first-order valence-electron chi connectivity index (χ1n) is 14.7. The number of benzene rings is 1. The molecule has 1 amide bonds. The second-order valence-corrected chi connectivity index (χ2v) is 11.1. The van der Waals surface area contributed by atoms with Crippen LogP contribution in [0.1, 0.15) is 43.0 Å². The van der Waals surface area contributed by atoms with Crippen molar-refractivity contribution in [1.29, 1.82) is 5.26 Å². The van der Waals surface area contributed by atoms with Crippen molar-refractivity contribution < 1.29 is 9.53 Å². The fraction of sp³-hybridized carbons (Fsp3) is 0.469. The lowest BCUT2D eigenvalue weighted by atomic mass is 10.0. The number of carbonyl (C=O) groups excluding carboxylic acids is 1. The molecule has 2 atom stereocenters. The number of likely N-dealkylation sites (N-methyl/N-ethyl adjacent to an activating group) is 1. The summed E-state index contributed by atoms with van der Waals surface area (Å²) in [6.45, 7) is 14.0. The highest BCUT2D eigenvalue weighted by Crippen LogP contribution is 2.36. The molecule has 0 spiro atoms. The summed E-state index contributed by atoms with van der Waals surface area (Å²) in [4.78, 5) is 35.3. The Morgan fingerprint density at radius 3 is 2.79 bits per heavy atom. The summed E-state index contributed by atoms with van der Waals surface area (Å²) in [6, 6.07) is 8.84. The summed E-state index contributed by atoms with van der Waals surface area (Å²) < 4.78 is 6.28. The fourth-order valence-electron chi connectivity index (χ4n) is 6.31. The molecule has 1 aromatic carbocycles. The third-order valence-electron chi connectivity index (χ3n) is 8.57. The van der Waals surface area contributed by atoms with Crippen LogP contribution in [-0.4, -0.2) is 90.9 Å². The third kappa shape index (κ3) is 6.02. The Kier molecular flexibility index (Phi) is 9.18. The second-order valence-electron chi connectivity index (χ2n) is 11.1. The molecule has 5 rings (SSSR count). The number of anilines is 2. The van der Waals surface area contributed by atoms with Gasteiger partial charge in [0.15, 0.2) is 0 Å². The van der Waals surface area contributed by atoms with Gasteiger partial charge in [0.05, 0.1) is 36.5 Å². The molecule has 3 aliphatic heterocycles. The van der Waals surface area contributed by atoms with Gasteiger partial charge in [0.1, 0.15) is 12.4 Å². The van der Waals surface area contributed by atoms with Gasteiger partial charge in [0, 0.05) is 49.0 Å². The number of allylic oxidation sites excluding steroid dienone is 1. The van der Waals surface area contributed by atoms with E-state index >= 15 is 0 Å². The molecule has 10 nitrogen and oxygen atoms in total. The molecule has 3 aliphatic rings. The molecule has 0 N–H and O–H groups in total. The highest BCUT2D eigenvalue weighted by Gasteiger charge is 2.33. The Labute approximate surface area is 248 Å². The lowest BCUT2D eigenvalue weighted by Crippen LogP contribution is -2.55. The maximum absolute atomic E-state index is 12.5. The van der Waals surface area contributed by atoms with Crippen LogP contribution in [0.5, 0.6) is 6.01 Å². The van der Waals surface area contributed by atoms with Gasteiger partial charge in [-0.1, -0.05) is 24.8 Å². The summed E-state index contributed by atoms with van der Waals surface area (Å²) in [5, 5.41) is 9.51. The van der Waals surface area contributed by atoms with Gasteiger partial charge in [-0.3, -0.25) is 9.79 Å². The molecule has 2 saturated heterocycles. The predicted molar refractivity (Wildman–Crippen MR) is 166 cm³/mol. The number of rotatable bonds is 9. The first kappa shape index (κ1) is 29.3. The van der Waals surface area contributed by atoms with Crippen molar-refractivity contribution in [3.63, 3.8) is 0 Å². The number of aliphatic imine (C=N–C) groups is 1. The number of ether oxygens (including phenoxy) is 1. The van der Waals surface area contributed by atoms with Gasteiger partial charge < -0.3 is 24.3 Å². The molecule has 0 radical (unpaired) electrons. The number of likely N-dealkylation sites (tertiary alicyclic amines) is 1. The second kappa shape index (κ2) is 13.2. The normalized spacial score (nSPS) is 20.8. The molecule has 0 saturated carbocycles. The maximum Gasteiger partial charge on any atom is 0.318 e. The molecular weight excluding hydrogens is 528 g/mol. The van der Waals surface area contributed by atoms with Crippen LogP contribution in [-0.2, 0) is 17.8 Å². The van der Waals surface area contributed by atoms with E-state index in [9.17, 15) is 10.1 Å². The lowest BCUT2D eigenvalue weighted by Gasteiger charge is -2.42. The quantitative estimate of drug-likeness (QED) is 0.331. The fourth-order valence-corrected chi connectivity index (χ4v) is 6.31. The minimum atomic E-state index is -0.242. The number of hydrogen-bond donors (Lipinski definition) is 0. The van der Waals surface area contributed by atoms with Crippen molar-refractivity contribution in [2.45, 2.75) is 51.2 Å². The van der Waals surface area contributed by atoms with Gasteiger partial charge in [-0.25, -0.2) is 0 Å². The molecule has 1 unspecified atom stereocenters. The van der Waals surface area contributed by atoms with Crippen LogP contribution in [0.25, 0.3) is 6.08 Å². The van der Waals surface area contributed by atoms with Crippen molar-refractivity contribution in [2.24, 2.45) is 4.99 Å². The van der Waals surface area contributed by atoms with Gasteiger partial charge in [-0.15, -0.1) is 0 Å². The first-order valence-corrected chi connectivity index (χ1v) is 14.7. The van der Waals surface area contributed by atoms with Crippen LogP contribution >= 0.6 is 0 Å². The average molecular weight is 569 g/mol. The Bertz CT molecular complexity index is 1400. The average Bonchev–Trinajstić information content (AvgIpc) is 3.43. The van der Waals surface area contributed by atoms with Crippen molar-refractivity contribution in [3.05, 3.63) is 53.8 Å². The topological polar surface area (TPSA) is 101 Å². The van der Waals surface area contributed by atoms with E-state index in [1.807, 2.05) is 25.1 Å². The zero-order valence-electron chi connectivity index (χ0n) is 24.7. The summed E-state index contributed by atoms with van der Waals surface area (Å²) in [5.41, 5.74) is 5.01. The van der Waals surface area contributed by atoms with Gasteiger partial charge in [0.2, 0.25) is 5.91 Å². The summed E-state index contributed by atoms with van der Waals surface area (Å²) in [7, 11) is 2.13. The van der Waals surface area contributed by atoms with E-state index in [4.69, 9.17) is 14.7 Å². The van der Waals surface area contributed by atoms with E-state index in [1.165, 1.54) is 6.08 Å². The van der Waals surface area contributed by atoms with Crippen molar-refractivity contribution in [3.8, 4) is 12.1 Å². The Hall–Kier alpha value is -4.23. The molecule has 0 aliphatic carbocycles. The van der Waals surface area contributed by atoms with E-state index in [-0.39, 0.29) is 18.4 Å². The largest absolute Gasteiger partial charge is 0.462 e. The molecule has 0 bridgehead atoms. The SMILES string of the molecule is C=CC(=O)N1CCN(c2nc(OC[C@@H]3CCCN3C)nc3c2CCN(c2cccc(N=C)c2/C=C\C)C3)CC1CC#N. The number of nitriles is 1. The molecule has 4 heterocycles. The Balaban J connectivity index is 1.49. The first-order chi connectivity index (χ1) is 20.5. The summed E-state index contributed by atoms with van der Waals surface area (Å²) in [5.74, 6) is 0.700. The van der Waals surface area contributed by atoms with E-state index in [0.717, 1.165) is 66.4 Å². The highest BCUT2D eigenvalue weighted by molar-refractivity contribution is 5.87. The molecule has 220 valence electrons. The van der Waals surface area contributed by atoms with Crippen LogP contribution < -0.4 is 14.5 Å². The van der Waals surface area contributed by atoms with Crippen LogP contribution in [0.3, 0.4) is 0 Å². The Morgan fingerprint density at radius 2 is 2.07 bits per heavy atom. The van der Waals surface area contributed by atoms with Crippen LogP contribution in [0.4, 0.5) is 17.2 Å². The zero-order valence-corrected chi connectivity index (χ0v) is 24.7. The summed E-state index contributed by atoms with van der Waals surface area (Å²) in [6.07, 6.45) is 8.68. The number of aromatic nitrogens is 2. The van der Waals surface area contributed by atoms with E-state index < -0.39 is 0 Å². The Morgan fingerprint density at radius 1 is 1.21 bits per heavy atom. The van der Waals surface area contributed by atoms with E-state index in [0.29, 0.717) is 44.8 Å². The molecule has 2 fully saturated rings. The van der Waals surface area contributed by atoms with Crippen LogP contribution in [0.2, 0.25) is 0 Å². The number of carbonyl (C=O) groups is 1. The van der Waals surface area contributed by atoms with Crippen molar-refractivity contribution >= 4 is 35.9 Å². The minimum Gasteiger partial charge on any atom is -0.462 e. The number of piperazine rings is 1. The highest BCUT2D eigenvalue weighted by atomic mass is 16.5. The van der Waals surface area contributed by atoms with Gasteiger partial charge >= 0.3 is 6.01 Å². The number of nitrogens with zero attached hydrogens (tertiary/aromatic N) is 8. The van der Waals surface area contributed by atoms with Crippen LogP contribution in [0, 0.1) is 11.3 Å². The van der Waals surface area contributed by atoms with Gasteiger partial charge in [-0.2, -0.15) is 15.2 Å². The standard InChI is InChI=1S/C32H40N8O2/c1-5-9-25-27(34-3)11-7-12-29(25)38-17-14-26-28(21-38)35-32(42-22-24-10-8-16-37(24)4)36-31(26)39-18-19-40(30(41)6-2)23(20-39)13-15-33/h5-7,9,11-12,23-24H,2-3,8,10,13-14,16-22H2,1,4H3/b9-5-/t23?,24-/m0/s1.